The maximum atomic E-state index is 11.2. The van der Waals surface area contributed by atoms with Crippen molar-refractivity contribution in [1.29, 1.82) is 0 Å². The van der Waals surface area contributed by atoms with Gasteiger partial charge in [0.1, 0.15) is 0 Å². The van der Waals surface area contributed by atoms with E-state index in [1.54, 1.807) is 11.8 Å². The van der Waals surface area contributed by atoms with Crippen molar-refractivity contribution in [3.63, 3.8) is 0 Å². The number of halogens is 1. The average Bonchev–Trinajstić information content (AvgIpc) is 1.86. The van der Waals surface area contributed by atoms with Crippen LogP contribution in [0.25, 0.3) is 0 Å². The molecule has 0 rings (SSSR count). The average molecular weight is 240 g/mol. The largest absolute Gasteiger partial charge is 0.354 e. The lowest BCUT2D eigenvalue weighted by atomic mass is 10.2. The third-order valence-electron chi connectivity index (χ3n) is 1.13. The van der Waals surface area contributed by atoms with Crippen molar-refractivity contribution in [3.8, 4) is 0 Å². The van der Waals surface area contributed by atoms with Gasteiger partial charge in [-0.05, 0) is 20.1 Å². The van der Waals surface area contributed by atoms with E-state index in [2.05, 4.69) is 21.2 Å². The van der Waals surface area contributed by atoms with Crippen LogP contribution in [0.2, 0.25) is 0 Å². The van der Waals surface area contributed by atoms with E-state index in [0.29, 0.717) is 0 Å². The van der Waals surface area contributed by atoms with Gasteiger partial charge in [0.05, 0.1) is 4.32 Å². The Morgan fingerprint density at radius 3 is 2.55 bits per heavy atom. The molecule has 1 amide bonds. The van der Waals surface area contributed by atoms with Crippen LogP contribution in [0.1, 0.15) is 13.8 Å². The van der Waals surface area contributed by atoms with Crippen LogP contribution in [0.5, 0.6) is 0 Å². The molecule has 0 aliphatic heterocycles. The van der Waals surface area contributed by atoms with Crippen LogP contribution >= 0.6 is 27.7 Å². The van der Waals surface area contributed by atoms with Crippen molar-refractivity contribution in [2.75, 3.05) is 18.6 Å². The van der Waals surface area contributed by atoms with Gasteiger partial charge in [0.25, 0.3) is 0 Å². The lowest BCUT2D eigenvalue weighted by Gasteiger charge is -2.15. The summed E-state index contributed by atoms with van der Waals surface area (Å²) in [6.07, 6.45) is 2.02. The van der Waals surface area contributed by atoms with Crippen molar-refractivity contribution in [1.82, 2.24) is 5.32 Å². The number of alkyl halides is 1. The molecule has 0 aromatic rings. The molecule has 0 aromatic carbocycles. The first kappa shape index (κ1) is 11.3. The molecule has 0 spiro atoms. The normalized spacial score (nSPS) is 11.3. The van der Waals surface area contributed by atoms with Gasteiger partial charge in [0.15, 0.2) is 0 Å². The minimum Gasteiger partial charge on any atom is -0.354 e. The number of amides is 1. The second-order valence-electron chi connectivity index (χ2n) is 2.72. The lowest BCUT2D eigenvalue weighted by molar-refractivity contribution is -0.122. The molecule has 0 aromatic heterocycles. The molecule has 0 radical (unpaired) electrons. The first-order valence-electron chi connectivity index (χ1n) is 3.44. The third-order valence-corrected chi connectivity index (χ3v) is 2.10. The van der Waals surface area contributed by atoms with Crippen molar-refractivity contribution in [2.45, 2.75) is 18.2 Å². The van der Waals surface area contributed by atoms with E-state index < -0.39 is 4.32 Å². The van der Waals surface area contributed by atoms with Gasteiger partial charge < -0.3 is 5.32 Å². The van der Waals surface area contributed by atoms with Gasteiger partial charge >= 0.3 is 0 Å². The fourth-order valence-electron chi connectivity index (χ4n) is 0.477. The zero-order valence-electron chi connectivity index (χ0n) is 7.11. The first-order chi connectivity index (χ1) is 4.98. The van der Waals surface area contributed by atoms with Crippen molar-refractivity contribution in [3.05, 3.63) is 0 Å². The molecule has 0 atom stereocenters. The third kappa shape index (κ3) is 5.56. The second-order valence-corrected chi connectivity index (χ2v) is 5.69. The molecule has 66 valence electrons. The van der Waals surface area contributed by atoms with Crippen LogP contribution in [0, 0.1) is 0 Å². The Labute approximate surface area is 80.6 Å². The van der Waals surface area contributed by atoms with Crippen molar-refractivity contribution in [2.24, 2.45) is 0 Å². The van der Waals surface area contributed by atoms with Crippen LogP contribution in [0.15, 0.2) is 0 Å². The van der Waals surface area contributed by atoms with Crippen LogP contribution in [-0.2, 0) is 4.79 Å². The minimum absolute atomic E-state index is 0.0477. The van der Waals surface area contributed by atoms with E-state index in [0.717, 1.165) is 12.3 Å². The zero-order valence-corrected chi connectivity index (χ0v) is 9.51. The molecular weight excluding hydrogens is 226 g/mol. The molecule has 0 saturated heterocycles. The smallest absolute Gasteiger partial charge is 0.236 e. The Hall–Kier alpha value is 0.300. The molecule has 0 aliphatic rings. The maximum absolute atomic E-state index is 11.2. The number of nitrogens with one attached hydrogen (secondary N) is 1. The summed E-state index contributed by atoms with van der Waals surface area (Å²) < 4.78 is -0.439. The van der Waals surface area contributed by atoms with Crippen LogP contribution in [0.4, 0.5) is 0 Å². The van der Waals surface area contributed by atoms with E-state index in [9.17, 15) is 4.79 Å². The van der Waals surface area contributed by atoms with Gasteiger partial charge in [-0.25, -0.2) is 0 Å². The lowest BCUT2D eigenvalue weighted by Crippen LogP contribution is -2.38. The highest BCUT2D eigenvalue weighted by atomic mass is 79.9. The number of thioether (sulfide) groups is 1. The molecule has 0 bridgehead atoms. The maximum Gasteiger partial charge on any atom is 0.236 e. The number of hydrogen-bond donors (Lipinski definition) is 1. The molecule has 4 heteroatoms. The van der Waals surface area contributed by atoms with E-state index in [4.69, 9.17) is 0 Å². The van der Waals surface area contributed by atoms with Gasteiger partial charge in [-0.3, -0.25) is 4.79 Å². The van der Waals surface area contributed by atoms with Crippen LogP contribution in [0.3, 0.4) is 0 Å². The fraction of sp³-hybridized carbons (Fsp3) is 0.857. The van der Waals surface area contributed by atoms with E-state index in [1.165, 1.54) is 0 Å². The Kier molecular flexibility index (Phi) is 5.17. The molecule has 2 nitrogen and oxygen atoms in total. The van der Waals surface area contributed by atoms with Gasteiger partial charge in [0, 0.05) is 12.3 Å². The van der Waals surface area contributed by atoms with Crippen LogP contribution < -0.4 is 5.32 Å². The van der Waals surface area contributed by atoms with Gasteiger partial charge in [-0.2, -0.15) is 11.8 Å². The Morgan fingerprint density at radius 2 is 2.18 bits per heavy atom. The van der Waals surface area contributed by atoms with Crippen molar-refractivity contribution < 1.29 is 4.79 Å². The Morgan fingerprint density at radius 1 is 1.64 bits per heavy atom. The molecule has 1 N–H and O–H groups in total. The molecule has 0 fully saturated rings. The molecule has 11 heavy (non-hydrogen) atoms. The summed E-state index contributed by atoms with van der Waals surface area (Å²) in [5.74, 6) is 1.01. The fourth-order valence-corrected chi connectivity index (χ4v) is 0.923. The van der Waals surface area contributed by atoms with Gasteiger partial charge in [-0.1, -0.05) is 15.9 Å². The second kappa shape index (κ2) is 5.04. The zero-order chi connectivity index (χ0) is 8.91. The highest BCUT2D eigenvalue weighted by Crippen LogP contribution is 2.14. The first-order valence-corrected chi connectivity index (χ1v) is 5.63. The summed E-state index contributed by atoms with van der Waals surface area (Å²) >= 11 is 5.00. The van der Waals surface area contributed by atoms with Gasteiger partial charge in [-0.15, -0.1) is 0 Å². The summed E-state index contributed by atoms with van der Waals surface area (Å²) in [5, 5.41) is 2.82. The molecule has 0 heterocycles. The molecular formula is C7H14BrNOS. The van der Waals surface area contributed by atoms with Crippen molar-refractivity contribution >= 4 is 33.6 Å². The SMILES string of the molecule is CSCCNC(=O)C(C)(C)Br. The Bertz CT molecular complexity index is 133. The number of hydrogen-bond acceptors (Lipinski definition) is 2. The predicted molar refractivity (Wildman–Crippen MR) is 54.4 cm³/mol. The number of rotatable bonds is 4. The summed E-state index contributed by atoms with van der Waals surface area (Å²) in [4.78, 5) is 11.2. The van der Waals surface area contributed by atoms with E-state index in [-0.39, 0.29) is 5.91 Å². The van der Waals surface area contributed by atoms with E-state index in [1.807, 2.05) is 20.1 Å². The monoisotopic (exact) mass is 239 g/mol. The highest BCUT2D eigenvalue weighted by Gasteiger charge is 2.22. The summed E-state index contributed by atoms with van der Waals surface area (Å²) in [6.45, 7) is 4.41. The Balaban J connectivity index is 3.54. The molecule has 0 unspecified atom stereocenters. The quantitative estimate of drug-likeness (QED) is 0.598. The molecule has 0 aliphatic carbocycles. The summed E-state index contributed by atoms with van der Waals surface area (Å²) in [5.41, 5.74) is 0. The predicted octanol–water partition coefficient (Wildman–Crippen LogP) is 1.64. The summed E-state index contributed by atoms with van der Waals surface area (Å²) in [6, 6.07) is 0. The standard InChI is InChI=1S/C7H14BrNOS/c1-7(2,8)6(10)9-4-5-11-3/h4-5H2,1-3H3,(H,9,10). The van der Waals surface area contributed by atoms with E-state index >= 15 is 0 Å². The van der Waals surface area contributed by atoms with Gasteiger partial charge in [0.2, 0.25) is 5.91 Å². The number of carbonyl (C=O) groups excluding carboxylic acids is 1. The number of carbonyl (C=O) groups is 1. The molecule has 0 saturated carbocycles. The summed E-state index contributed by atoms with van der Waals surface area (Å²) in [7, 11) is 0. The topological polar surface area (TPSA) is 29.1 Å². The van der Waals surface area contributed by atoms with Crippen LogP contribution in [-0.4, -0.2) is 28.8 Å². The highest BCUT2D eigenvalue weighted by molar-refractivity contribution is 9.10. The minimum atomic E-state index is -0.439.